The fourth-order valence-electron chi connectivity index (χ4n) is 1.81. The maximum Gasteiger partial charge on any atom is 0.387 e. The minimum atomic E-state index is -2.77. The van der Waals surface area contributed by atoms with E-state index in [0.717, 1.165) is 31.6 Å². The van der Waals surface area contributed by atoms with Crippen molar-refractivity contribution in [1.82, 2.24) is 10.2 Å². The summed E-state index contributed by atoms with van der Waals surface area (Å²) in [5, 5.41) is 3.34. The van der Waals surface area contributed by atoms with Crippen LogP contribution in [0.3, 0.4) is 0 Å². The van der Waals surface area contributed by atoms with Crippen LogP contribution in [0.15, 0.2) is 24.3 Å². The van der Waals surface area contributed by atoms with Crippen LogP contribution in [0.2, 0.25) is 0 Å². The average molecular weight is 286 g/mol. The van der Waals surface area contributed by atoms with Crippen molar-refractivity contribution in [1.29, 1.82) is 0 Å². The second-order valence-corrected chi connectivity index (χ2v) is 4.94. The Labute approximate surface area is 119 Å². The fraction of sp³-hybridized carbons (Fsp3) is 0.600. The van der Waals surface area contributed by atoms with E-state index in [0.29, 0.717) is 6.04 Å². The SMILES string of the molecule is CCC(C)N(C)CCNCc1ccc(OC(F)F)cc1. The number of hydrogen-bond donors (Lipinski definition) is 1. The maximum absolute atomic E-state index is 12.0. The Hall–Kier alpha value is -1.20. The summed E-state index contributed by atoms with van der Waals surface area (Å²) >= 11 is 0. The van der Waals surface area contributed by atoms with E-state index in [-0.39, 0.29) is 5.75 Å². The molecule has 1 aromatic carbocycles. The number of nitrogens with one attached hydrogen (secondary N) is 1. The first-order chi connectivity index (χ1) is 9.52. The van der Waals surface area contributed by atoms with Crippen molar-refractivity contribution in [3.05, 3.63) is 29.8 Å². The van der Waals surface area contributed by atoms with Crippen molar-refractivity contribution in [3.63, 3.8) is 0 Å². The van der Waals surface area contributed by atoms with Crippen molar-refractivity contribution < 1.29 is 13.5 Å². The predicted octanol–water partition coefficient (Wildman–Crippen LogP) is 3.11. The Kier molecular flexibility index (Phi) is 7.47. The first-order valence-electron chi connectivity index (χ1n) is 6.97. The smallest absolute Gasteiger partial charge is 0.387 e. The molecule has 0 spiro atoms. The fourth-order valence-corrected chi connectivity index (χ4v) is 1.81. The number of hydrogen-bond acceptors (Lipinski definition) is 3. The Morgan fingerprint density at radius 2 is 1.90 bits per heavy atom. The van der Waals surface area contributed by atoms with Crippen molar-refractivity contribution in [2.24, 2.45) is 0 Å². The molecule has 1 rings (SSSR count). The first kappa shape index (κ1) is 16.9. The molecular formula is C15H24F2N2O. The van der Waals surface area contributed by atoms with E-state index in [9.17, 15) is 8.78 Å². The van der Waals surface area contributed by atoms with Crippen LogP contribution in [0.5, 0.6) is 5.75 Å². The summed E-state index contributed by atoms with van der Waals surface area (Å²) in [4.78, 5) is 2.31. The zero-order valence-electron chi connectivity index (χ0n) is 12.4. The minimum absolute atomic E-state index is 0.195. The molecule has 1 atom stereocenters. The summed E-state index contributed by atoms with van der Waals surface area (Å²) in [5.74, 6) is 0.195. The van der Waals surface area contributed by atoms with Crippen LogP contribution < -0.4 is 10.1 Å². The van der Waals surface area contributed by atoms with Gasteiger partial charge in [0.15, 0.2) is 0 Å². The Morgan fingerprint density at radius 1 is 1.25 bits per heavy atom. The maximum atomic E-state index is 12.0. The molecule has 0 saturated heterocycles. The molecular weight excluding hydrogens is 262 g/mol. The van der Waals surface area contributed by atoms with Gasteiger partial charge >= 0.3 is 6.61 Å². The molecule has 20 heavy (non-hydrogen) atoms. The number of halogens is 2. The lowest BCUT2D eigenvalue weighted by atomic mass is 10.2. The molecule has 0 heterocycles. The minimum Gasteiger partial charge on any atom is -0.435 e. The van der Waals surface area contributed by atoms with Crippen LogP contribution in [-0.2, 0) is 6.54 Å². The number of likely N-dealkylation sites (N-methyl/N-ethyl adjacent to an activating group) is 1. The van der Waals surface area contributed by atoms with Gasteiger partial charge in [0.25, 0.3) is 0 Å². The van der Waals surface area contributed by atoms with Gasteiger partial charge in [0.2, 0.25) is 0 Å². The lowest BCUT2D eigenvalue weighted by Gasteiger charge is -2.23. The molecule has 114 valence electrons. The molecule has 0 bridgehead atoms. The molecule has 0 aliphatic carbocycles. The van der Waals surface area contributed by atoms with Gasteiger partial charge in [-0.15, -0.1) is 0 Å². The Morgan fingerprint density at radius 3 is 2.45 bits per heavy atom. The van der Waals surface area contributed by atoms with Crippen molar-refractivity contribution in [2.75, 3.05) is 20.1 Å². The third kappa shape index (κ3) is 6.30. The summed E-state index contributed by atoms with van der Waals surface area (Å²) in [6.45, 7) is 4.23. The molecule has 3 nitrogen and oxygen atoms in total. The van der Waals surface area contributed by atoms with Gasteiger partial charge in [0.1, 0.15) is 5.75 Å². The first-order valence-corrected chi connectivity index (χ1v) is 6.97. The van der Waals surface area contributed by atoms with Gasteiger partial charge in [0.05, 0.1) is 0 Å². The number of alkyl halides is 2. The number of ether oxygens (including phenoxy) is 1. The third-order valence-electron chi connectivity index (χ3n) is 3.46. The van der Waals surface area contributed by atoms with E-state index in [1.54, 1.807) is 24.3 Å². The molecule has 1 N–H and O–H groups in total. The summed E-state index contributed by atoms with van der Waals surface area (Å²) < 4.78 is 28.3. The molecule has 0 aliphatic rings. The van der Waals surface area contributed by atoms with Gasteiger partial charge < -0.3 is 15.0 Å². The lowest BCUT2D eigenvalue weighted by molar-refractivity contribution is -0.0498. The van der Waals surface area contributed by atoms with E-state index in [2.05, 4.69) is 35.8 Å². The van der Waals surface area contributed by atoms with Crippen LogP contribution in [-0.4, -0.2) is 37.7 Å². The number of benzene rings is 1. The highest BCUT2D eigenvalue weighted by Crippen LogP contribution is 2.14. The summed E-state index contributed by atoms with van der Waals surface area (Å²) in [5.41, 5.74) is 1.05. The Bertz CT molecular complexity index is 371. The molecule has 0 fully saturated rings. The van der Waals surface area contributed by atoms with Gasteiger partial charge in [-0.25, -0.2) is 0 Å². The molecule has 0 amide bonds. The monoisotopic (exact) mass is 286 g/mol. The molecule has 0 saturated carbocycles. The molecule has 1 unspecified atom stereocenters. The molecule has 0 aromatic heterocycles. The normalized spacial score (nSPS) is 12.9. The molecule has 1 aromatic rings. The topological polar surface area (TPSA) is 24.5 Å². The zero-order valence-corrected chi connectivity index (χ0v) is 12.4. The van der Waals surface area contributed by atoms with Crippen LogP contribution in [0, 0.1) is 0 Å². The van der Waals surface area contributed by atoms with E-state index in [4.69, 9.17) is 0 Å². The van der Waals surface area contributed by atoms with Crippen LogP contribution in [0.4, 0.5) is 8.78 Å². The Balaban J connectivity index is 2.25. The average Bonchev–Trinajstić information content (AvgIpc) is 2.43. The second kappa shape index (κ2) is 8.87. The zero-order chi connectivity index (χ0) is 15.0. The second-order valence-electron chi connectivity index (χ2n) is 4.94. The number of nitrogens with zero attached hydrogens (tertiary/aromatic N) is 1. The molecule has 0 radical (unpaired) electrons. The number of rotatable bonds is 9. The predicted molar refractivity (Wildman–Crippen MR) is 77.2 cm³/mol. The summed E-state index contributed by atoms with van der Waals surface area (Å²) in [7, 11) is 2.12. The quantitative estimate of drug-likeness (QED) is 0.706. The van der Waals surface area contributed by atoms with Gasteiger partial charge in [0, 0.05) is 25.7 Å². The van der Waals surface area contributed by atoms with E-state index < -0.39 is 6.61 Å². The third-order valence-corrected chi connectivity index (χ3v) is 3.46. The summed E-state index contributed by atoms with van der Waals surface area (Å²) in [6.07, 6.45) is 1.14. The van der Waals surface area contributed by atoms with E-state index >= 15 is 0 Å². The molecule has 0 aliphatic heterocycles. The summed E-state index contributed by atoms with van der Waals surface area (Å²) in [6, 6.07) is 7.30. The standard InChI is InChI=1S/C15H24F2N2O/c1-4-12(2)19(3)10-9-18-11-13-5-7-14(8-6-13)20-15(16)17/h5-8,12,15,18H,4,9-11H2,1-3H3. The van der Waals surface area contributed by atoms with Crippen LogP contribution in [0.1, 0.15) is 25.8 Å². The van der Waals surface area contributed by atoms with Gasteiger partial charge in [-0.1, -0.05) is 19.1 Å². The van der Waals surface area contributed by atoms with Crippen molar-refractivity contribution in [3.8, 4) is 5.75 Å². The van der Waals surface area contributed by atoms with Gasteiger partial charge in [-0.05, 0) is 38.1 Å². The highest BCUT2D eigenvalue weighted by Gasteiger charge is 2.06. The largest absolute Gasteiger partial charge is 0.435 e. The van der Waals surface area contributed by atoms with E-state index in [1.807, 2.05) is 0 Å². The van der Waals surface area contributed by atoms with E-state index in [1.165, 1.54) is 0 Å². The van der Waals surface area contributed by atoms with Crippen molar-refractivity contribution >= 4 is 0 Å². The molecule has 5 heteroatoms. The van der Waals surface area contributed by atoms with Crippen molar-refractivity contribution in [2.45, 2.75) is 39.5 Å². The van der Waals surface area contributed by atoms with Gasteiger partial charge in [-0.3, -0.25) is 0 Å². The lowest BCUT2D eigenvalue weighted by Crippen LogP contribution is -2.34. The van der Waals surface area contributed by atoms with Gasteiger partial charge in [-0.2, -0.15) is 8.78 Å². The van der Waals surface area contributed by atoms with Crippen LogP contribution in [0.25, 0.3) is 0 Å². The van der Waals surface area contributed by atoms with Crippen LogP contribution >= 0.6 is 0 Å². The highest BCUT2D eigenvalue weighted by molar-refractivity contribution is 5.27. The highest BCUT2D eigenvalue weighted by atomic mass is 19.3.